The summed E-state index contributed by atoms with van der Waals surface area (Å²) in [6, 6.07) is 7.99. The van der Waals surface area contributed by atoms with E-state index < -0.39 is 0 Å². The van der Waals surface area contributed by atoms with E-state index in [0.29, 0.717) is 24.4 Å². The van der Waals surface area contributed by atoms with Crippen LogP contribution in [-0.4, -0.2) is 28.0 Å². The lowest BCUT2D eigenvalue weighted by Crippen LogP contribution is -2.14. The quantitative estimate of drug-likeness (QED) is 0.192. The summed E-state index contributed by atoms with van der Waals surface area (Å²) in [5.74, 6) is 0.510. The number of hydrogen-bond acceptors (Lipinski definition) is 6. The van der Waals surface area contributed by atoms with E-state index in [9.17, 15) is 9.59 Å². The first-order valence-electron chi connectivity index (χ1n) is 12.0. The van der Waals surface area contributed by atoms with Gasteiger partial charge >= 0.3 is 11.9 Å². The minimum Gasteiger partial charge on any atom is -0.463 e. The molecule has 2 rings (SSSR count). The van der Waals surface area contributed by atoms with Gasteiger partial charge in [-0.3, -0.25) is 9.59 Å². The van der Waals surface area contributed by atoms with Gasteiger partial charge in [-0.25, -0.2) is 9.97 Å². The molecule has 6 heteroatoms. The lowest BCUT2D eigenvalue weighted by Gasteiger charge is -2.12. The first kappa shape index (κ1) is 26.2. The van der Waals surface area contributed by atoms with E-state index in [1.807, 2.05) is 31.2 Å². The molecule has 1 aromatic heterocycles. The highest BCUT2D eigenvalue weighted by atomic mass is 16.5. The Labute approximate surface area is 197 Å². The molecule has 1 aromatic carbocycles. The molecule has 2 aromatic rings. The lowest BCUT2D eigenvalue weighted by atomic mass is 10.1. The number of unbranched alkanes of at least 4 members (excludes halogenated alkanes) is 3. The minimum atomic E-state index is -0.257. The second-order valence-corrected chi connectivity index (χ2v) is 8.11. The summed E-state index contributed by atoms with van der Waals surface area (Å²) in [5.41, 5.74) is 2.04. The average molecular weight is 453 g/mol. The highest BCUT2D eigenvalue weighted by Crippen LogP contribution is 2.19. The number of nitrogens with zero attached hydrogens (tertiary/aromatic N) is 2. The van der Waals surface area contributed by atoms with Gasteiger partial charge in [-0.15, -0.1) is 0 Å². The average Bonchev–Trinajstić information content (AvgIpc) is 2.83. The molecule has 0 aliphatic rings. The van der Waals surface area contributed by atoms with E-state index in [4.69, 9.17) is 9.47 Å². The van der Waals surface area contributed by atoms with Crippen molar-refractivity contribution in [1.82, 2.24) is 9.97 Å². The van der Waals surface area contributed by atoms with Crippen molar-refractivity contribution in [2.24, 2.45) is 0 Å². The second-order valence-electron chi connectivity index (χ2n) is 8.11. The third-order valence-corrected chi connectivity index (χ3v) is 5.16. The van der Waals surface area contributed by atoms with Crippen molar-refractivity contribution < 1.29 is 19.1 Å². The van der Waals surface area contributed by atoms with Gasteiger partial charge in [0.25, 0.3) is 0 Å². The summed E-state index contributed by atoms with van der Waals surface area (Å²) in [7, 11) is 0. The monoisotopic (exact) mass is 452 g/mol. The number of esters is 2. The van der Waals surface area contributed by atoms with Crippen molar-refractivity contribution in [2.75, 3.05) is 0 Å². The smallest absolute Gasteiger partial charge is 0.311 e. The van der Waals surface area contributed by atoms with Crippen LogP contribution >= 0.6 is 0 Å². The Balaban J connectivity index is 1.76. The van der Waals surface area contributed by atoms with Crippen LogP contribution in [0.15, 0.2) is 48.8 Å². The molecule has 0 aliphatic carbocycles. The molecular formula is C27H36N2O4. The standard InChI is InChI=1S/C27H36N2O4/c1-4-6-7-8-9-10-11-12-26(31)33-24-19-28-27(29-20-24)23-17-15-22(16-18-23)14-13-21(3)32-25(30)5-2/h7-8,15-21H,4-6,9-14H2,1-3H3. The van der Waals surface area contributed by atoms with Crippen molar-refractivity contribution in [1.29, 1.82) is 0 Å². The van der Waals surface area contributed by atoms with Gasteiger partial charge < -0.3 is 9.47 Å². The summed E-state index contributed by atoms with van der Waals surface area (Å²) >= 11 is 0. The molecule has 0 amide bonds. The van der Waals surface area contributed by atoms with Crippen molar-refractivity contribution in [3.05, 3.63) is 54.4 Å². The number of rotatable bonds is 14. The molecule has 0 radical (unpaired) electrons. The Kier molecular flexibility index (Phi) is 11.9. The molecule has 0 fully saturated rings. The van der Waals surface area contributed by atoms with Gasteiger partial charge in [0.1, 0.15) is 0 Å². The predicted octanol–water partition coefficient (Wildman–Crippen LogP) is 6.24. The van der Waals surface area contributed by atoms with Gasteiger partial charge in [0.2, 0.25) is 0 Å². The van der Waals surface area contributed by atoms with Crippen LogP contribution < -0.4 is 4.74 Å². The number of ether oxygens (including phenoxy) is 2. The molecule has 6 nitrogen and oxygen atoms in total. The number of hydrogen-bond donors (Lipinski definition) is 0. The van der Waals surface area contributed by atoms with Gasteiger partial charge in [-0.05, 0) is 51.0 Å². The number of carbonyl (C=O) groups is 2. The first-order valence-corrected chi connectivity index (χ1v) is 12.0. The fraction of sp³-hybridized carbons (Fsp3) is 0.481. The van der Waals surface area contributed by atoms with E-state index in [-0.39, 0.29) is 18.0 Å². The molecular weight excluding hydrogens is 416 g/mol. The lowest BCUT2D eigenvalue weighted by molar-refractivity contribution is -0.148. The topological polar surface area (TPSA) is 78.4 Å². The van der Waals surface area contributed by atoms with Crippen LogP contribution in [0.25, 0.3) is 11.4 Å². The van der Waals surface area contributed by atoms with Gasteiger partial charge in [0, 0.05) is 18.4 Å². The van der Waals surface area contributed by atoms with Gasteiger partial charge in [0.15, 0.2) is 11.6 Å². The molecule has 0 saturated carbocycles. The van der Waals surface area contributed by atoms with Crippen LogP contribution in [-0.2, 0) is 20.7 Å². The van der Waals surface area contributed by atoms with Crippen LogP contribution in [0.3, 0.4) is 0 Å². The summed E-state index contributed by atoms with van der Waals surface area (Å²) < 4.78 is 10.6. The maximum atomic E-state index is 12.0. The van der Waals surface area contributed by atoms with Crippen LogP contribution in [0.4, 0.5) is 0 Å². The van der Waals surface area contributed by atoms with Crippen LogP contribution in [0.2, 0.25) is 0 Å². The van der Waals surface area contributed by atoms with E-state index in [1.54, 1.807) is 6.92 Å². The van der Waals surface area contributed by atoms with Crippen molar-refractivity contribution in [2.45, 2.75) is 84.7 Å². The SMILES string of the molecule is CCCC=CCCCCC(=O)Oc1cnc(-c2ccc(CCC(C)OC(=O)CC)cc2)nc1. The molecule has 0 bridgehead atoms. The predicted molar refractivity (Wildman–Crippen MR) is 130 cm³/mol. The Morgan fingerprint density at radius 3 is 2.33 bits per heavy atom. The molecule has 1 unspecified atom stereocenters. The fourth-order valence-corrected chi connectivity index (χ4v) is 3.19. The zero-order valence-corrected chi connectivity index (χ0v) is 20.1. The second kappa shape index (κ2) is 14.9. The fourth-order valence-electron chi connectivity index (χ4n) is 3.19. The number of benzene rings is 1. The highest BCUT2D eigenvalue weighted by molar-refractivity contribution is 5.72. The third kappa shape index (κ3) is 10.4. The van der Waals surface area contributed by atoms with Crippen LogP contribution in [0.5, 0.6) is 5.75 Å². The number of aryl methyl sites for hydroxylation is 1. The number of aromatic nitrogens is 2. The summed E-state index contributed by atoms with van der Waals surface area (Å²) in [6.07, 6.45) is 14.8. The Morgan fingerprint density at radius 2 is 1.67 bits per heavy atom. The van der Waals surface area contributed by atoms with Gasteiger partial charge in [-0.1, -0.05) is 56.7 Å². The maximum absolute atomic E-state index is 12.0. The van der Waals surface area contributed by atoms with Gasteiger partial charge in [-0.2, -0.15) is 0 Å². The van der Waals surface area contributed by atoms with Crippen molar-refractivity contribution >= 4 is 11.9 Å². The Morgan fingerprint density at radius 1 is 0.970 bits per heavy atom. The third-order valence-electron chi connectivity index (χ3n) is 5.16. The molecule has 33 heavy (non-hydrogen) atoms. The highest BCUT2D eigenvalue weighted by Gasteiger charge is 2.09. The number of carbonyl (C=O) groups excluding carboxylic acids is 2. The Bertz CT molecular complexity index is 876. The van der Waals surface area contributed by atoms with E-state index >= 15 is 0 Å². The number of allylic oxidation sites excluding steroid dienone is 2. The molecule has 0 spiro atoms. The van der Waals surface area contributed by atoms with E-state index in [0.717, 1.165) is 56.1 Å². The summed E-state index contributed by atoms with van der Waals surface area (Å²) in [5, 5.41) is 0. The van der Waals surface area contributed by atoms with E-state index in [2.05, 4.69) is 29.0 Å². The van der Waals surface area contributed by atoms with E-state index in [1.165, 1.54) is 12.4 Å². The molecule has 1 atom stereocenters. The van der Waals surface area contributed by atoms with Gasteiger partial charge in [0.05, 0.1) is 18.5 Å². The van der Waals surface area contributed by atoms with Crippen LogP contribution in [0.1, 0.15) is 77.7 Å². The van der Waals surface area contributed by atoms with Crippen LogP contribution in [0, 0.1) is 0 Å². The molecule has 0 N–H and O–H groups in total. The largest absolute Gasteiger partial charge is 0.463 e. The summed E-state index contributed by atoms with van der Waals surface area (Å²) in [4.78, 5) is 32.0. The maximum Gasteiger partial charge on any atom is 0.311 e. The normalized spacial score (nSPS) is 12.0. The molecule has 0 saturated heterocycles. The summed E-state index contributed by atoms with van der Waals surface area (Å²) in [6.45, 7) is 5.86. The Hall–Kier alpha value is -3.02. The zero-order valence-electron chi connectivity index (χ0n) is 20.1. The molecule has 0 aliphatic heterocycles. The molecule has 1 heterocycles. The zero-order chi connectivity index (χ0) is 23.9. The minimum absolute atomic E-state index is 0.0988. The first-order chi connectivity index (χ1) is 16.0. The van der Waals surface area contributed by atoms with Crippen molar-refractivity contribution in [3.63, 3.8) is 0 Å². The molecule has 178 valence electrons. The van der Waals surface area contributed by atoms with Crippen molar-refractivity contribution in [3.8, 4) is 17.1 Å².